The highest BCUT2D eigenvalue weighted by Crippen LogP contribution is 2.29. The fraction of sp³-hybridized carbons (Fsp3) is 0.143. The maximum atomic E-state index is 12.6. The van der Waals surface area contributed by atoms with E-state index in [-0.39, 0.29) is 12.5 Å². The molecule has 7 heteroatoms. The molecule has 3 rings (SSSR count). The van der Waals surface area contributed by atoms with Crippen molar-refractivity contribution >= 4 is 5.71 Å². The lowest BCUT2D eigenvalue weighted by Gasteiger charge is -2.13. The van der Waals surface area contributed by atoms with Gasteiger partial charge in [0.2, 0.25) is 5.88 Å². The van der Waals surface area contributed by atoms with Crippen molar-refractivity contribution in [2.45, 2.75) is 12.8 Å². The molecule has 0 saturated carbocycles. The molecule has 0 saturated heterocycles. The Bertz CT molecular complexity index is 940. The van der Waals surface area contributed by atoms with E-state index in [1.807, 2.05) is 54.6 Å². The highest BCUT2D eigenvalue weighted by atomic mass is 19.4. The molecule has 3 aromatic rings. The van der Waals surface area contributed by atoms with E-state index in [1.165, 1.54) is 13.2 Å². The standard InChI is InChI=1S/C21H17F3N2O2/c1-27-26-20(15-7-3-2-4-8-15)18-10-6-5-9-16(18)14-28-19-12-11-17(13-25-19)21(22,23)24/h2-13H,14H2,1H3/b26-20-. The van der Waals surface area contributed by atoms with Gasteiger partial charge in [-0.15, -0.1) is 0 Å². The Morgan fingerprint density at radius 2 is 1.68 bits per heavy atom. The fourth-order valence-corrected chi connectivity index (χ4v) is 2.61. The normalized spacial score (nSPS) is 11.9. The third kappa shape index (κ3) is 4.68. The summed E-state index contributed by atoms with van der Waals surface area (Å²) in [6.45, 7) is 0.115. The summed E-state index contributed by atoms with van der Waals surface area (Å²) in [5.74, 6) is 0.104. The SMILES string of the molecule is CO/N=C(/c1ccccc1)c1ccccc1COc1ccc(C(F)(F)F)cn1. The number of halogens is 3. The maximum Gasteiger partial charge on any atom is 0.417 e. The molecule has 144 valence electrons. The first-order valence-electron chi connectivity index (χ1n) is 8.40. The zero-order valence-electron chi connectivity index (χ0n) is 15.0. The molecule has 0 radical (unpaired) electrons. The van der Waals surface area contributed by atoms with Crippen LogP contribution in [0.2, 0.25) is 0 Å². The number of benzene rings is 2. The van der Waals surface area contributed by atoms with E-state index in [1.54, 1.807) is 0 Å². The van der Waals surface area contributed by atoms with Crippen LogP contribution in [0.5, 0.6) is 5.88 Å². The van der Waals surface area contributed by atoms with Crippen LogP contribution in [0.1, 0.15) is 22.3 Å². The minimum Gasteiger partial charge on any atom is -0.473 e. The van der Waals surface area contributed by atoms with Gasteiger partial charge in [-0.25, -0.2) is 4.98 Å². The summed E-state index contributed by atoms with van der Waals surface area (Å²) in [4.78, 5) is 8.74. The molecule has 0 aliphatic carbocycles. The van der Waals surface area contributed by atoms with Crippen molar-refractivity contribution in [1.29, 1.82) is 0 Å². The zero-order chi connectivity index (χ0) is 20.0. The van der Waals surface area contributed by atoms with Gasteiger partial charge in [-0.3, -0.25) is 0 Å². The van der Waals surface area contributed by atoms with Gasteiger partial charge in [-0.1, -0.05) is 59.8 Å². The number of aromatic nitrogens is 1. The molecular weight excluding hydrogens is 369 g/mol. The Balaban J connectivity index is 1.83. The zero-order valence-corrected chi connectivity index (χ0v) is 15.0. The Morgan fingerprint density at radius 3 is 2.32 bits per heavy atom. The van der Waals surface area contributed by atoms with Gasteiger partial charge in [0.05, 0.1) is 5.56 Å². The van der Waals surface area contributed by atoms with Gasteiger partial charge in [0.25, 0.3) is 0 Å². The number of pyridine rings is 1. The minimum absolute atomic E-state index is 0.104. The first-order chi connectivity index (χ1) is 13.5. The first kappa shape index (κ1) is 19.4. The molecule has 4 nitrogen and oxygen atoms in total. The summed E-state index contributed by atoms with van der Waals surface area (Å²) in [5, 5.41) is 4.14. The lowest BCUT2D eigenvalue weighted by atomic mass is 9.98. The molecule has 0 amide bonds. The van der Waals surface area contributed by atoms with Crippen LogP contribution in [0.3, 0.4) is 0 Å². The summed E-state index contributed by atoms with van der Waals surface area (Å²) in [5.41, 5.74) is 2.26. The summed E-state index contributed by atoms with van der Waals surface area (Å²) in [6, 6.07) is 19.1. The van der Waals surface area contributed by atoms with E-state index in [0.717, 1.165) is 29.0 Å². The molecule has 0 spiro atoms. The summed E-state index contributed by atoms with van der Waals surface area (Å²) in [7, 11) is 1.47. The third-order valence-electron chi connectivity index (χ3n) is 3.94. The molecule has 1 heterocycles. The van der Waals surface area contributed by atoms with Crippen LogP contribution in [0.15, 0.2) is 78.1 Å². The molecule has 1 aromatic heterocycles. The van der Waals surface area contributed by atoms with E-state index < -0.39 is 11.7 Å². The van der Waals surface area contributed by atoms with Gasteiger partial charge in [0, 0.05) is 23.4 Å². The van der Waals surface area contributed by atoms with Crippen LogP contribution in [0, 0.1) is 0 Å². The van der Waals surface area contributed by atoms with E-state index in [2.05, 4.69) is 10.1 Å². The molecule has 0 unspecified atom stereocenters. The van der Waals surface area contributed by atoms with Crippen LogP contribution in [0.4, 0.5) is 13.2 Å². The number of nitrogens with zero attached hydrogens (tertiary/aromatic N) is 2. The molecule has 0 fully saturated rings. The molecular formula is C21H17F3N2O2. The second-order valence-corrected chi connectivity index (χ2v) is 5.82. The first-order valence-corrected chi connectivity index (χ1v) is 8.40. The number of oxime groups is 1. The largest absolute Gasteiger partial charge is 0.473 e. The third-order valence-corrected chi connectivity index (χ3v) is 3.94. The molecule has 0 aliphatic heterocycles. The molecule has 0 bridgehead atoms. The Morgan fingerprint density at radius 1 is 0.964 bits per heavy atom. The van der Waals surface area contributed by atoms with Gasteiger partial charge in [0.15, 0.2) is 0 Å². The quantitative estimate of drug-likeness (QED) is 0.438. The van der Waals surface area contributed by atoms with Crippen LogP contribution >= 0.6 is 0 Å². The second kappa shape index (κ2) is 8.56. The van der Waals surface area contributed by atoms with Gasteiger partial charge < -0.3 is 9.57 Å². The van der Waals surface area contributed by atoms with Gasteiger partial charge in [0.1, 0.15) is 19.4 Å². The number of hydrogen-bond acceptors (Lipinski definition) is 4. The van der Waals surface area contributed by atoms with Crippen molar-refractivity contribution in [2.75, 3.05) is 7.11 Å². The fourth-order valence-electron chi connectivity index (χ4n) is 2.61. The molecule has 0 aliphatic rings. The van der Waals surface area contributed by atoms with Crippen LogP contribution in [-0.2, 0) is 17.6 Å². The average molecular weight is 386 g/mol. The average Bonchev–Trinajstić information content (AvgIpc) is 2.71. The topological polar surface area (TPSA) is 43.7 Å². The Kier molecular flexibility index (Phi) is 5.93. The minimum atomic E-state index is -4.43. The van der Waals surface area contributed by atoms with E-state index in [9.17, 15) is 13.2 Å². The van der Waals surface area contributed by atoms with Crippen molar-refractivity contribution in [2.24, 2.45) is 5.16 Å². The maximum absolute atomic E-state index is 12.6. The second-order valence-electron chi connectivity index (χ2n) is 5.82. The summed E-state index contributed by atoms with van der Waals surface area (Å²) < 4.78 is 43.5. The van der Waals surface area contributed by atoms with Gasteiger partial charge in [-0.05, 0) is 11.6 Å². The molecule has 28 heavy (non-hydrogen) atoms. The van der Waals surface area contributed by atoms with Crippen LogP contribution in [0.25, 0.3) is 0 Å². The van der Waals surface area contributed by atoms with E-state index in [0.29, 0.717) is 5.71 Å². The lowest BCUT2D eigenvalue weighted by Crippen LogP contribution is -2.10. The molecule has 0 N–H and O–H groups in total. The number of hydrogen-bond donors (Lipinski definition) is 0. The van der Waals surface area contributed by atoms with Crippen LogP contribution < -0.4 is 4.74 Å². The number of ether oxygens (including phenoxy) is 1. The summed E-state index contributed by atoms with van der Waals surface area (Å²) >= 11 is 0. The lowest BCUT2D eigenvalue weighted by molar-refractivity contribution is -0.137. The Labute approximate surface area is 160 Å². The number of rotatable bonds is 6. The molecule has 0 atom stereocenters. The van der Waals surface area contributed by atoms with Crippen molar-refractivity contribution in [1.82, 2.24) is 4.98 Å². The monoisotopic (exact) mass is 386 g/mol. The van der Waals surface area contributed by atoms with E-state index in [4.69, 9.17) is 9.57 Å². The highest BCUT2D eigenvalue weighted by Gasteiger charge is 2.30. The summed E-state index contributed by atoms with van der Waals surface area (Å²) in [6.07, 6.45) is -3.68. The van der Waals surface area contributed by atoms with Crippen molar-refractivity contribution in [3.8, 4) is 5.88 Å². The predicted molar refractivity (Wildman–Crippen MR) is 99.1 cm³/mol. The van der Waals surface area contributed by atoms with Gasteiger partial charge >= 0.3 is 6.18 Å². The Hall–Kier alpha value is -3.35. The molecule has 2 aromatic carbocycles. The van der Waals surface area contributed by atoms with Crippen molar-refractivity contribution in [3.63, 3.8) is 0 Å². The highest BCUT2D eigenvalue weighted by molar-refractivity contribution is 6.13. The van der Waals surface area contributed by atoms with Gasteiger partial charge in [-0.2, -0.15) is 13.2 Å². The smallest absolute Gasteiger partial charge is 0.417 e. The number of alkyl halides is 3. The van der Waals surface area contributed by atoms with Crippen LogP contribution in [-0.4, -0.2) is 17.8 Å². The van der Waals surface area contributed by atoms with Crippen molar-refractivity contribution < 1.29 is 22.7 Å². The van der Waals surface area contributed by atoms with E-state index >= 15 is 0 Å². The van der Waals surface area contributed by atoms with Crippen molar-refractivity contribution in [3.05, 3.63) is 95.2 Å². The predicted octanol–water partition coefficient (Wildman–Crippen LogP) is 5.08.